The lowest BCUT2D eigenvalue weighted by molar-refractivity contribution is -0.137. The van der Waals surface area contributed by atoms with E-state index in [1.807, 2.05) is 0 Å². The third-order valence-corrected chi connectivity index (χ3v) is 4.38. The molecule has 1 aromatic rings. The van der Waals surface area contributed by atoms with Crippen molar-refractivity contribution >= 4 is 10.0 Å². The minimum Gasteiger partial charge on any atom is -0.207 e. The van der Waals surface area contributed by atoms with Gasteiger partial charge in [-0.05, 0) is 24.6 Å². The standard InChI is InChI=1S/C13H14F3NO2S/c1-3-8-17(9-4-2)20(18,19)12-7-5-6-11(10-12)13(14,15)16/h1,5-7,10H,4,8-9H2,2H3. The number of halogens is 3. The molecule has 1 aromatic carbocycles. The van der Waals surface area contributed by atoms with Crippen LogP contribution < -0.4 is 0 Å². The summed E-state index contributed by atoms with van der Waals surface area (Å²) in [6, 6.07) is 3.64. The Morgan fingerprint density at radius 1 is 1.35 bits per heavy atom. The highest BCUT2D eigenvalue weighted by atomic mass is 32.2. The van der Waals surface area contributed by atoms with Gasteiger partial charge in [0.1, 0.15) is 0 Å². The first-order chi connectivity index (χ1) is 9.23. The molecule has 20 heavy (non-hydrogen) atoms. The first kappa shape index (κ1) is 16.5. The third-order valence-electron chi connectivity index (χ3n) is 2.54. The fourth-order valence-electron chi connectivity index (χ4n) is 1.62. The van der Waals surface area contributed by atoms with Crippen molar-refractivity contribution in [2.75, 3.05) is 13.1 Å². The van der Waals surface area contributed by atoms with Gasteiger partial charge in [-0.15, -0.1) is 6.42 Å². The van der Waals surface area contributed by atoms with E-state index in [1.54, 1.807) is 6.92 Å². The molecule has 0 radical (unpaired) electrons. The predicted molar refractivity (Wildman–Crippen MR) is 69.3 cm³/mol. The fourth-order valence-corrected chi connectivity index (χ4v) is 3.11. The second-order valence-corrected chi connectivity index (χ2v) is 6.01. The molecule has 0 spiro atoms. The Hall–Kier alpha value is -1.52. The van der Waals surface area contributed by atoms with Gasteiger partial charge < -0.3 is 0 Å². The largest absolute Gasteiger partial charge is 0.416 e. The van der Waals surface area contributed by atoms with Crippen LogP contribution in [0.1, 0.15) is 18.9 Å². The molecule has 0 saturated heterocycles. The topological polar surface area (TPSA) is 37.4 Å². The van der Waals surface area contributed by atoms with E-state index in [1.165, 1.54) is 0 Å². The third kappa shape index (κ3) is 3.74. The summed E-state index contributed by atoms with van der Waals surface area (Å²) in [6.45, 7) is 1.74. The highest BCUT2D eigenvalue weighted by Crippen LogP contribution is 2.31. The molecule has 7 heteroatoms. The van der Waals surface area contributed by atoms with E-state index in [2.05, 4.69) is 5.92 Å². The second kappa shape index (κ2) is 6.29. The highest BCUT2D eigenvalue weighted by molar-refractivity contribution is 7.89. The van der Waals surface area contributed by atoms with E-state index < -0.39 is 26.7 Å². The number of terminal acetylenes is 1. The van der Waals surface area contributed by atoms with E-state index in [-0.39, 0.29) is 13.1 Å². The molecule has 0 fully saturated rings. The van der Waals surface area contributed by atoms with Crippen LogP contribution in [-0.2, 0) is 16.2 Å². The SMILES string of the molecule is C#CCN(CCC)S(=O)(=O)c1cccc(C(F)(F)F)c1. The van der Waals surface area contributed by atoms with Gasteiger partial charge in [0.25, 0.3) is 0 Å². The molecule has 0 bridgehead atoms. The summed E-state index contributed by atoms with van der Waals surface area (Å²) >= 11 is 0. The molecule has 3 nitrogen and oxygen atoms in total. The zero-order valence-electron chi connectivity index (χ0n) is 10.8. The van der Waals surface area contributed by atoms with Crippen molar-refractivity contribution < 1.29 is 21.6 Å². The zero-order valence-corrected chi connectivity index (χ0v) is 11.6. The summed E-state index contributed by atoms with van der Waals surface area (Å²) < 4.78 is 63.3. The van der Waals surface area contributed by atoms with Crippen LogP contribution in [0.2, 0.25) is 0 Å². The Morgan fingerprint density at radius 2 is 2.00 bits per heavy atom. The van der Waals surface area contributed by atoms with E-state index >= 15 is 0 Å². The number of hydrogen-bond acceptors (Lipinski definition) is 2. The Morgan fingerprint density at radius 3 is 2.50 bits per heavy atom. The second-order valence-electron chi connectivity index (χ2n) is 4.07. The van der Waals surface area contributed by atoms with Gasteiger partial charge in [-0.1, -0.05) is 18.9 Å². The van der Waals surface area contributed by atoms with Crippen molar-refractivity contribution in [2.45, 2.75) is 24.4 Å². The monoisotopic (exact) mass is 305 g/mol. The van der Waals surface area contributed by atoms with Crippen molar-refractivity contribution in [1.82, 2.24) is 4.31 Å². The van der Waals surface area contributed by atoms with Gasteiger partial charge in [-0.25, -0.2) is 8.42 Å². The summed E-state index contributed by atoms with van der Waals surface area (Å²) in [6.07, 6.45) is 1.02. The molecule has 0 aliphatic rings. The molecule has 0 heterocycles. The Labute approximate surface area is 116 Å². The van der Waals surface area contributed by atoms with Crippen LogP contribution >= 0.6 is 0 Å². The van der Waals surface area contributed by atoms with Gasteiger partial charge in [-0.3, -0.25) is 0 Å². The molecule has 0 unspecified atom stereocenters. The summed E-state index contributed by atoms with van der Waals surface area (Å²) in [7, 11) is -4.02. The normalized spacial score (nSPS) is 12.4. The van der Waals surface area contributed by atoms with Gasteiger partial charge in [0, 0.05) is 6.54 Å². The van der Waals surface area contributed by atoms with Crippen molar-refractivity contribution in [3.8, 4) is 12.3 Å². The van der Waals surface area contributed by atoms with E-state index in [4.69, 9.17) is 6.42 Å². The van der Waals surface area contributed by atoms with E-state index in [9.17, 15) is 21.6 Å². The van der Waals surface area contributed by atoms with Crippen LogP contribution in [0.4, 0.5) is 13.2 Å². The van der Waals surface area contributed by atoms with Crippen LogP contribution in [0.5, 0.6) is 0 Å². The van der Waals surface area contributed by atoms with E-state index in [0.29, 0.717) is 12.5 Å². The molecular weight excluding hydrogens is 291 g/mol. The average molecular weight is 305 g/mol. The molecule has 0 amide bonds. The van der Waals surface area contributed by atoms with Gasteiger partial charge in [0.2, 0.25) is 10.0 Å². The maximum Gasteiger partial charge on any atom is 0.416 e. The highest BCUT2D eigenvalue weighted by Gasteiger charge is 2.32. The molecule has 110 valence electrons. The lowest BCUT2D eigenvalue weighted by Crippen LogP contribution is -2.32. The maximum absolute atomic E-state index is 12.6. The van der Waals surface area contributed by atoms with Gasteiger partial charge in [0.05, 0.1) is 17.0 Å². The molecule has 0 aromatic heterocycles. The van der Waals surface area contributed by atoms with Crippen LogP contribution in [0.3, 0.4) is 0 Å². The minimum absolute atomic E-state index is 0.156. The summed E-state index contributed by atoms with van der Waals surface area (Å²) in [5, 5.41) is 0. The Bertz CT molecular complexity index is 603. The van der Waals surface area contributed by atoms with Crippen molar-refractivity contribution in [1.29, 1.82) is 0 Å². The molecule has 0 aliphatic carbocycles. The molecule has 0 saturated carbocycles. The molecule has 1 rings (SSSR count). The number of hydrogen-bond donors (Lipinski definition) is 0. The zero-order chi connectivity index (χ0) is 15.4. The summed E-state index contributed by atoms with van der Waals surface area (Å²) in [5.74, 6) is 2.20. The lowest BCUT2D eigenvalue weighted by Gasteiger charge is -2.19. The lowest BCUT2D eigenvalue weighted by atomic mass is 10.2. The quantitative estimate of drug-likeness (QED) is 0.784. The number of alkyl halides is 3. The smallest absolute Gasteiger partial charge is 0.207 e. The number of sulfonamides is 1. The van der Waals surface area contributed by atoms with Gasteiger partial charge in [0.15, 0.2) is 0 Å². The van der Waals surface area contributed by atoms with Crippen LogP contribution in [0.15, 0.2) is 29.2 Å². The van der Waals surface area contributed by atoms with Crippen molar-refractivity contribution in [3.05, 3.63) is 29.8 Å². The Balaban J connectivity index is 3.25. The molecule has 0 atom stereocenters. The summed E-state index contributed by atoms with van der Waals surface area (Å²) in [4.78, 5) is -0.406. The van der Waals surface area contributed by atoms with Gasteiger partial charge >= 0.3 is 6.18 Å². The fraction of sp³-hybridized carbons (Fsp3) is 0.385. The van der Waals surface area contributed by atoms with Crippen molar-refractivity contribution in [3.63, 3.8) is 0 Å². The molecule has 0 aliphatic heterocycles. The van der Waals surface area contributed by atoms with Gasteiger partial charge in [-0.2, -0.15) is 17.5 Å². The van der Waals surface area contributed by atoms with Crippen LogP contribution in [0, 0.1) is 12.3 Å². The minimum atomic E-state index is -4.59. The number of rotatable bonds is 5. The summed E-state index contributed by atoms with van der Waals surface area (Å²) in [5.41, 5.74) is -1.00. The van der Waals surface area contributed by atoms with Crippen LogP contribution in [-0.4, -0.2) is 25.8 Å². The first-order valence-corrected chi connectivity index (χ1v) is 7.28. The molecule has 0 N–H and O–H groups in total. The van der Waals surface area contributed by atoms with Crippen LogP contribution in [0.25, 0.3) is 0 Å². The average Bonchev–Trinajstić information content (AvgIpc) is 2.37. The first-order valence-electron chi connectivity index (χ1n) is 5.84. The van der Waals surface area contributed by atoms with Crippen molar-refractivity contribution in [2.24, 2.45) is 0 Å². The number of benzene rings is 1. The number of nitrogens with zero attached hydrogens (tertiary/aromatic N) is 1. The predicted octanol–water partition coefficient (Wildman–Crippen LogP) is 2.74. The maximum atomic E-state index is 12.6. The van der Waals surface area contributed by atoms with E-state index in [0.717, 1.165) is 22.5 Å². The Kier molecular flexibility index (Phi) is 5.20. The molecular formula is C13H14F3NO2S.